The molecule has 4 aromatic carbocycles. The average Bonchev–Trinajstić information content (AvgIpc) is 3.05. The van der Waals surface area contributed by atoms with Gasteiger partial charge in [-0.15, -0.1) is 0 Å². The lowest BCUT2D eigenvalue weighted by Gasteiger charge is -2.34. The molecule has 2 amide bonds. The van der Waals surface area contributed by atoms with Gasteiger partial charge in [-0.05, 0) is 65.4 Å². The van der Waals surface area contributed by atoms with Crippen LogP contribution in [0.3, 0.4) is 0 Å². The predicted octanol–water partition coefficient (Wildman–Crippen LogP) is 6.51. The number of benzene rings is 4. The molecule has 0 saturated heterocycles. The summed E-state index contributed by atoms with van der Waals surface area (Å²) in [5.41, 5.74) is 3.03. The highest BCUT2D eigenvalue weighted by Crippen LogP contribution is 2.26. The van der Waals surface area contributed by atoms with Gasteiger partial charge in [-0.25, -0.2) is 8.42 Å². The van der Waals surface area contributed by atoms with E-state index in [9.17, 15) is 18.0 Å². The van der Waals surface area contributed by atoms with Crippen LogP contribution < -0.4 is 9.62 Å². The summed E-state index contributed by atoms with van der Waals surface area (Å²) in [5, 5.41) is 3.54. The topological polar surface area (TPSA) is 86.8 Å². The third kappa shape index (κ3) is 9.19. The lowest BCUT2D eigenvalue weighted by molar-refractivity contribution is -0.140. The summed E-state index contributed by atoms with van der Waals surface area (Å²) < 4.78 is 29.3. The number of halogens is 1. The molecular formula is C36H40ClN3O4S. The zero-order chi connectivity index (χ0) is 32.4. The predicted molar refractivity (Wildman–Crippen MR) is 181 cm³/mol. The summed E-state index contributed by atoms with van der Waals surface area (Å²) in [4.78, 5) is 29.9. The maximum Gasteiger partial charge on any atom is 0.264 e. The van der Waals surface area contributed by atoms with Crippen LogP contribution in [0.4, 0.5) is 5.69 Å². The third-order valence-electron chi connectivity index (χ3n) is 7.46. The third-order valence-corrected chi connectivity index (χ3v) is 9.50. The molecule has 7 nitrogen and oxygen atoms in total. The Morgan fingerprint density at radius 1 is 0.778 bits per heavy atom. The van der Waals surface area contributed by atoms with E-state index in [2.05, 4.69) is 5.32 Å². The highest BCUT2D eigenvalue weighted by atomic mass is 35.5. The second-order valence-electron chi connectivity index (χ2n) is 11.3. The molecule has 0 aliphatic carbocycles. The van der Waals surface area contributed by atoms with Gasteiger partial charge in [0.15, 0.2) is 0 Å². The van der Waals surface area contributed by atoms with Gasteiger partial charge >= 0.3 is 0 Å². The van der Waals surface area contributed by atoms with Crippen molar-refractivity contribution in [1.29, 1.82) is 0 Å². The van der Waals surface area contributed by atoms with Crippen LogP contribution in [0.15, 0.2) is 114 Å². The Labute approximate surface area is 271 Å². The molecular weight excluding hydrogens is 606 g/mol. The molecule has 0 aliphatic heterocycles. The Morgan fingerprint density at radius 3 is 1.93 bits per heavy atom. The second kappa shape index (κ2) is 15.7. The summed E-state index contributed by atoms with van der Waals surface area (Å²) in [6.45, 7) is 6.03. The fraction of sp³-hybridized carbons (Fsp3) is 0.278. The SMILES string of the molecule is CCc1ccc(N(CC(=O)N(Cc2ccc(Cl)cc2)[C@@H](Cc2ccccc2)C(=O)NCC(C)C)S(=O)(=O)c2ccccc2)cc1. The van der Waals surface area contributed by atoms with Crippen molar-refractivity contribution in [2.24, 2.45) is 5.92 Å². The maximum absolute atomic E-state index is 14.5. The van der Waals surface area contributed by atoms with Gasteiger partial charge in [-0.3, -0.25) is 13.9 Å². The van der Waals surface area contributed by atoms with Crippen LogP contribution in [0.2, 0.25) is 5.02 Å². The zero-order valence-electron chi connectivity index (χ0n) is 25.9. The number of carbonyl (C=O) groups is 2. The van der Waals surface area contributed by atoms with Crippen LogP contribution in [-0.2, 0) is 39.0 Å². The van der Waals surface area contributed by atoms with E-state index >= 15 is 0 Å². The zero-order valence-corrected chi connectivity index (χ0v) is 27.5. The Balaban J connectivity index is 1.78. The molecule has 4 aromatic rings. The van der Waals surface area contributed by atoms with Gasteiger partial charge in [0.05, 0.1) is 10.6 Å². The fourth-order valence-corrected chi connectivity index (χ4v) is 6.47. The van der Waals surface area contributed by atoms with E-state index in [0.29, 0.717) is 17.3 Å². The summed E-state index contributed by atoms with van der Waals surface area (Å²) in [5.74, 6) is -0.617. The number of amides is 2. The van der Waals surface area contributed by atoms with E-state index in [0.717, 1.165) is 27.4 Å². The van der Waals surface area contributed by atoms with Crippen LogP contribution in [0.25, 0.3) is 0 Å². The average molecular weight is 646 g/mol. The number of aryl methyl sites for hydroxylation is 1. The van der Waals surface area contributed by atoms with Gasteiger partial charge < -0.3 is 10.2 Å². The van der Waals surface area contributed by atoms with Gasteiger partial charge in [-0.1, -0.05) is 105 Å². The number of hydrogen-bond acceptors (Lipinski definition) is 4. The largest absolute Gasteiger partial charge is 0.354 e. The molecule has 1 N–H and O–H groups in total. The van der Waals surface area contributed by atoms with Gasteiger partial charge in [0.1, 0.15) is 12.6 Å². The lowest BCUT2D eigenvalue weighted by atomic mass is 10.0. The van der Waals surface area contributed by atoms with Crippen LogP contribution >= 0.6 is 11.6 Å². The van der Waals surface area contributed by atoms with E-state index in [4.69, 9.17) is 11.6 Å². The second-order valence-corrected chi connectivity index (χ2v) is 13.6. The number of rotatable bonds is 14. The first-order valence-corrected chi connectivity index (χ1v) is 16.9. The number of nitrogens with zero attached hydrogens (tertiary/aromatic N) is 2. The summed E-state index contributed by atoms with van der Waals surface area (Å²) in [6, 6.07) is 30.8. The summed E-state index contributed by atoms with van der Waals surface area (Å²) in [7, 11) is -4.14. The summed E-state index contributed by atoms with van der Waals surface area (Å²) >= 11 is 6.15. The lowest BCUT2D eigenvalue weighted by Crippen LogP contribution is -2.53. The van der Waals surface area contributed by atoms with Gasteiger partial charge in [0.2, 0.25) is 11.8 Å². The van der Waals surface area contributed by atoms with Crippen LogP contribution in [0.5, 0.6) is 0 Å². The first kappa shape index (κ1) is 33.7. The number of nitrogens with one attached hydrogen (secondary N) is 1. The van der Waals surface area contributed by atoms with E-state index in [1.807, 2.05) is 63.2 Å². The molecule has 236 valence electrons. The Kier molecular flexibility index (Phi) is 11.8. The molecule has 0 unspecified atom stereocenters. The van der Waals surface area contributed by atoms with Crippen molar-refractivity contribution in [3.8, 4) is 0 Å². The van der Waals surface area contributed by atoms with Crippen LogP contribution in [0.1, 0.15) is 37.5 Å². The monoisotopic (exact) mass is 645 g/mol. The molecule has 0 aliphatic rings. The van der Waals surface area contributed by atoms with Crippen molar-refractivity contribution in [2.45, 2.75) is 51.1 Å². The molecule has 0 bridgehead atoms. The van der Waals surface area contributed by atoms with Crippen molar-refractivity contribution in [2.75, 3.05) is 17.4 Å². The molecule has 0 fully saturated rings. The minimum Gasteiger partial charge on any atom is -0.354 e. The molecule has 45 heavy (non-hydrogen) atoms. The smallest absolute Gasteiger partial charge is 0.264 e. The minimum absolute atomic E-state index is 0.0668. The Hall–Kier alpha value is -4.14. The Morgan fingerprint density at radius 2 is 1.36 bits per heavy atom. The molecule has 0 spiro atoms. The van der Waals surface area contributed by atoms with Gasteiger partial charge in [-0.2, -0.15) is 0 Å². The first-order valence-electron chi connectivity index (χ1n) is 15.1. The molecule has 9 heteroatoms. The Bertz CT molecular complexity index is 1650. The molecule has 0 saturated carbocycles. The summed E-state index contributed by atoms with van der Waals surface area (Å²) in [6.07, 6.45) is 1.03. The number of hydrogen-bond donors (Lipinski definition) is 1. The van der Waals surface area contributed by atoms with Crippen molar-refractivity contribution < 1.29 is 18.0 Å². The van der Waals surface area contributed by atoms with Crippen molar-refractivity contribution in [1.82, 2.24) is 10.2 Å². The van der Waals surface area contributed by atoms with Crippen molar-refractivity contribution in [3.63, 3.8) is 0 Å². The molecule has 4 rings (SSSR count). The van der Waals surface area contributed by atoms with E-state index < -0.39 is 28.5 Å². The van der Waals surface area contributed by atoms with Crippen molar-refractivity contribution in [3.05, 3.63) is 131 Å². The highest BCUT2D eigenvalue weighted by molar-refractivity contribution is 7.92. The number of sulfonamides is 1. The van der Waals surface area contributed by atoms with Gasteiger partial charge in [0.25, 0.3) is 10.0 Å². The maximum atomic E-state index is 14.5. The fourth-order valence-electron chi connectivity index (χ4n) is 4.91. The van der Waals surface area contributed by atoms with E-state index in [-0.39, 0.29) is 29.7 Å². The normalized spacial score (nSPS) is 12.0. The minimum atomic E-state index is -4.14. The van der Waals surface area contributed by atoms with Gasteiger partial charge in [0, 0.05) is 24.5 Å². The van der Waals surface area contributed by atoms with E-state index in [1.165, 1.54) is 17.0 Å². The molecule has 0 radical (unpaired) electrons. The highest BCUT2D eigenvalue weighted by Gasteiger charge is 2.34. The van der Waals surface area contributed by atoms with Crippen LogP contribution in [0, 0.1) is 5.92 Å². The van der Waals surface area contributed by atoms with E-state index in [1.54, 1.807) is 54.6 Å². The number of carbonyl (C=O) groups excluding carboxylic acids is 2. The van der Waals surface area contributed by atoms with Crippen molar-refractivity contribution >= 4 is 39.1 Å². The molecule has 1 atom stereocenters. The first-order chi connectivity index (χ1) is 21.6. The number of anilines is 1. The molecule has 0 heterocycles. The molecule has 0 aromatic heterocycles. The quantitative estimate of drug-likeness (QED) is 0.169. The standard InChI is InChI=1S/C36H40ClN3O4S/c1-4-28-17-21-32(22-18-28)40(45(43,44)33-13-9-6-10-14-33)26-35(41)39(25-30-15-19-31(37)20-16-30)34(36(42)38-24-27(2)3)23-29-11-7-5-8-12-29/h5-22,27,34H,4,23-26H2,1-3H3,(H,38,42)/t34-/m0/s1. The van der Waals surface area contributed by atoms with Crippen LogP contribution in [-0.4, -0.2) is 44.3 Å².